The summed E-state index contributed by atoms with van der Waals surface area (Å²) in [5.74, 6) is 0.910. The van der Waals surface area contributed by atoms with Gasteiger partial charge in [0.25, 0.3) is 0 Å². The highest BCUT2D eigenvalue weighted by molar-refractivity contribution is 6.42. The van der Waals surface area contributed by atoms with Crippen molar-refractivity contribution in [3.05, 3.63) is 45.4 Å². The summed E-state index contributed by atoms with van der Waals surface area (Å²) >= 11 is 12.4. The van der Waals surface area contributed by atoms with E-state index in [9.17, 15) is 4.79 Å². The van der Waals surface area contributed by atoms with Crippen LogP contribution < -0.4 is 5.32 Å². The average Bonchev–Trinajstić information content (AvgIpc) is 3.19. The second-order valence-electron chi connectivity index (χ2n) is 8.82. The van der Waals surface area contributed by atoms with Crippen molar-refractivity contribution in [1.82, 2.24) is 15.1 Å². The molecule has 2 aliphatic rings. The van der Waals surface area contributed by atoms with Crippen LogP contribution in [0.15, 0.2) is 22.7 Å². The molecule has 1 saturated carbocycles. The minimum absolute atomic E-state index is 0.132. The van der Waals surface area contributed by atoms with Gasteiger partial charge in [0.05, 0.1) is 37.9 Å². The summed E-state index contributed by atoms with van der Waals surface area (Å²) in [5, 5.41) is 7.73. The van der Waals surface area contributed by atoms with Gasteiger partial charge in [-0.2, -0.15) is 0 Å². The van der Waals surface area contributed by atoms with E-state index < -0.39 is 10.8 Å². The van der Waals surface area contributed by atoms with E-state index in [4.69, 9.17) is 37.7 Å². The van der Waals surface area contributed by atoms with Crippen LogP contribution in [0.3, 0.4) is 0 Å². The number of nitrogens with zero attached hydrogens (tertiary/aromatic N) is 3. The predicted octanol–water partition coefficient (Wildman–Crippen LogP) is 5.20. The summed E-state index contributed by atoms with van der Waals surface area (Å²) in [7, 11) is 0. The Morgan fingerprint density at radius 3 is 2.24 bits per heavy atom. The number of carbonyl (C=O) groups excluding carboxylic acids is 1. The standard InChI is InChI=1S/C21H20Cl2N4O2/c1-10-7-15(27-29-10)26-18(28)21-6-5-20(4,19(21,2)3)16-17(21)25-14-9-12(23)11(22)8-13(14)24-16/h7-9H,5-6H2,1-4H3,(H,26,27,28)/t20-,21-/m1/s1. The number of hydrogen-bond acceptors (Lipinski definition) is 5. The lowest BCUT2D eigenvalue weighted by molar-refractivity contribution is -0.125. The van der Waals surface area contributed by atoms with Crippen LogP contribution >= 0.6 is 23.2 Å². The Labute approximate surface area is 178 Å². The SMILES string of the molecule is Cc1cc(NC(=O)[C@@]23CC[C@](C)(c4nc5cc(Cl)c(Cl)cc5nc42)C3(C)C)no1. The van der Waals surface area contributed by atoms with E-state index in [1.165, 1.54) is 0 Å². The van der Waals surface area contributed by atoms with Crippen LogP contribution in [0, 0.1) is 12.3 Å². The molecule has 6 nitrogen and oxygen atoms in total. The van der Waals surface area contributed by atoms with Crippen LogP contribution in [0.25, 0.3) is 11.0 Å². The Hall–Kier alpha value is -2.18. The van der Waals surface area contributed by atoms with E-state index in [2.05, 4.69) is 31.2 Å². The Kier molecular flexibility index (Phi) is 3.70. The van der Waals surface area contributed by atoms with E-state index in [1.807, 2.05) is 0 Å². The minimum atomic E-state index is -0.822. The molecule has 0 spiro atoms. The Balaban J connectivity index is 1.73. The number of aromatic nitrogens is 3. The average molecular weight is 431 g/mol. The largest absolute Gasteiger partial charge is 0.360 e. The van der Waals surface area contributed by atoms with Crippen LogP contribution in [0.5, 0.6) is 0 Å². The monoisotopic (exact) mass is 430 g/mol. The summed E-state index contributed by atoms with van der Waals surface area (Å²) in [6, 6.07) is 5.15. The molecule has 2 aromatic heterocycles. The van der Waals surface area contributed by atoms with Crippen LogP contribution in [0.4, 0.5) is 5.82 Å². The lowest BCUT2D eigenvalue weighted by atomic mass is 9.63. The third-order valence-corrected chi connectivity index (χ3v) is 8.06. The molecular weight excluding hydrogens is 411 g/mol. The normalized spacial score (nSPS) is 26.7. The maximum atomic E-state index is 13.7. The number of amides is 1. The number of aryl methyl sites for hydroxylation is 1. The highest BCUT2D eigenvalue weighted by Crippen LogP contribution is 2.70. The number of rotatable bonds is 2. The van der Waals surface area contributed by atoms with Crippen molar-refractivity contribution in [1.29, 1.82) is 0 Å². The number of benzene rings is 1. The fourth-order valence-corrected chi connectivity index (χ4v) is 5.57. The van der Waals surface area contributed by atoms with Gasteiger partial charge < -0.3 is 9.84 Å². The fourth-order valence-electron chi connectivity index (χ4n) is 5.25. The number of fused-ring (bicyclic) bond motifs is 6. The summed E-state index contributed by atoms with van der Waals surface area (Å²) in [5.41, 5.74) is 1.41. The van der Waals surface area contributed by atoms with Gasteiger partial charge in [0.2, 0.25) is 5.91 Å². The van der Waals surface area contributed by atoms with Crippen molar-refractivity contribution in [2.45, 2.75) is 51.4 Å². The van der Waals surface area contributed by atoms with Gasteiger partial charge >= 0.3 is 0 Å². The second kappa shape index (κ2) is 5.70. The molecule has 5 rings (SSSR count). The van der Waals surface area contributed by atoms with Gasteiger partial charge in [0.1, 0.15) is 5.76 Å². The summed E-state index contributed by atoms with van der Waals surface area (Å²) in [6.45, 7) is 8.21. The van der Waals surface area contributed by atoms with Crippen molar-refractivity contribution in [2.24, 2.45) is 5.41 Å². The first-order valence-corrected chi connectivity index (χ1v) is 10.3. The number of nitrogens with one attached hydrogen (secondary N) is 1. The van der Waals surface area contributed by atoms with Gasteiger partial charge in [-0.15, -0.1) is 0 Å². The highest BCUT2D eigenvalue weighted by Gasteiger charge is 2.73. The third kappa shape index (κ3) is 2.19. The molecule has 0 aliphatic heterocycles. The van der Waals surface area contributed by atoms with Crippen molar-refractivity contribution < 1.29 is 9.32 Å². The molecule has 1 aromatic carbocycles. The first kappa shape index (κ1) is 18.8. The zero-order valence-corrected chi connectivity index (χ0v) is 18.1. The first-order chi connectivity index (χ1) is 13.6. The molecule has 8 heteroatoms. The second-order valence-corrected chi connectivity index (χ2v) is 9.63. The van der Waals surface area contributed by atoms with Crippen LogP contribution in [-0.2, 0) is 15.6 Å². The molecular formula is C21H20Cl2N4O2. The van der Waals surface area contributed by atoms with Crippen LogP contribution in [-0.4, -0.2) is 21.0 Å². The van der Waals surface area contributed by atoms with Crippen molar-refractivity contribution in [2.75, 3.05) is 5.32 Å². The molecule has 1 fully saturated rings. The molecule has 0 radical (unpaired) electrons. The third-order valence-electron chi connectivity index (χ3n) is 7.34. The molecule has 2 bridgehead atoms. The molecule has 29 heavy (non-hydrogen) atoms. The topological polar surface area (TPSA) is 80.9 Å². The summed E-state index contributed by atoms with van der Waals surface area (Å²) in [6.07, 6.45) is 1.54. The molecule has 3 aromatic rings. The Morgan fingerprint density at radius 2 is 1.66 bits per heavy atom. The van der Waals surface area contributed by atoms with Gasteiger partial charge in [-0.1, -0.05) is 49.1 Å². The first-order valence-electron chi connectivity index (χ1n) is 9.53. The maximum absolute atomic E-state index is 13.7. The summed E-state index contributed by atoms with van der Waals surface area (Å²) < 4.78 is 5.11. The maximum Gasteiger partial charge on any atom is 0.238 e. The van der Waals surface area contributed by atoms with Crippen LogP contribution in [0.2, 0.25) is 10.0 Å². The van der Waals surface area contributed by atoms with Crippen molar-refractivity contribution >= 4 is 46.0 Å². The fraction of sp³-hybridized carbons (Fsp3) is 0.429. The van der Waals surface area contributed by atoms with Crippen LogP contribution in [0.1, 0.15) is 50.8 Å². The number of hydrogen-bond donors (Lipinski definition) is 1. The van der Waals surface area contributed by atoms with Gasteiger partial charge in [-0.05, 0) is 37.3 Å². The predicted molar refractivity (Wildman–Crippen MR) is 111 cm³/mol. The molecule has 1 N–H and O–H groups in total. The van der Waals surface area contributed by atoms with Gasteiger partial charge in [-0.25, -0.2) is 9.97 Å². The van der Waals surface area contributed by atoms with Gasteiger partial charge in [-0.3, -0.25) is 4.79 Å². The quantitative estimate of drug-likeness (QED) is 0.603. The zero-order valence-electron chi connectivity index (χ0n) is 16.6. The zero-order chi connectivity index (χ0) is 20.8. The molecule has 2 heterocycles. The summed E-state index contributed by atoms with van der Waals surface area (Å²) in [4.78, 5) is 23.5. The lowest BCUT2D eigenvalue weighted by Gasteiger charge is -2.39. The molecule has 150 valence electrons. The number of halogens is 2. The van der Waals surface area contributed by atoms with Crippen molar-refractivity contribution in [3.8, 4) is 0 Å². The molecule has 1 amide bonds. The minimum Gasteiger partial charge on any atom is -0.360 e. The lowest BCUT2D eigenvalue weighted by Crippen LogP contribution is -2.48. The Bertz CT molecular complexity index is 1200. The van der Waals surface area contributed by atoms with Gasteiger partial charge in [0.15, 0.2) is 5.82 Å². The molecule has 0 unspecified atom stereocenters. The highest BCUT2D eigenvalue weighted by atomic mass is 35.5. The van der Waals surface area contributed by atoms with E-state index >= 15 is 0 Å². The molecule has 0 saturated heterocycles. The van der Waals surface area contributed by atoms with Gasteiger partial charge in [0, 0.05) is 11.5 Å². The van der Waals surface area contributed by atoms with Crippen molar-refractivity contribution in [3.63, 3.8) is 0 Å². The van der Waals surface area contributed by atoms with E-state index in [1.54, 1.807) is 25.1 Å². The van der Waals surface area contributed by atoms with E-state index in [0.29, 0.717) is 39.1 Å². The Morgan fingerprint density at radius 1 is 1.03 bits per heavy atom. The van der Waals surface area contributed by atoms with E-state index in [-0.39, 0.29) is 11.3 Å². The van der Waals surface area contributed by atoms with E-state index in [0.717, 1.165) is 17.8 Å². The number of anilines is 1. The molecule has 2 atom stereocenters. The number of carbonyl (C=O) groups is 1. The molecule has 2 aliphatic carbocycles. The smallest absolute Gasteiger partial charge is 0.238 e.